The average molecular weight is 295 g/mol. The highest BCUT2D eigenvalue weighted by Crippen LogP contribution is 2.32. The Hall–Kier alpha value is -1.99. The van der Waals surface area contributed by atoms with Gasteiger partial charge >= 0.3 is 11.9 Å². The molecule has 0 spiro atoms. The molecule has 0 radical (unpaired) electrons. The summed E-state index contributed by atoms with van der Waals surface area (Å²) in [6.07, 6.45) is -0.00391. The third kappa shape index (κ3) is 3.56. The number of hydrogen-bond acceptors (Lipinski definition) is 7. The van der Waals surface area contributed by atoms with Gasteiger partial charge in [-0.1, -0.05) is 6.07 Å². The quantitative estimate of drug-likeness (QED) is 0.749. The highest BCUT2D eigenvalue weighted by atomic mass is 16.8. The zero-order valence-electron chi connectivity index (χ0n) is 11.9. The van der Waals surface area contributed by atoms with Crippen LogP contribution in [-0.4, -0.2) is 42.3 Å². The average Bonchev–Trinajstić information content (AvgIpc) is 2.94. The first kappa shape index (κ1) is 15.4. The van der Waals surface area contributed by atoms with Crippen molar-refractivity contribution in [3.05, 3.63) is 30.1 Å². The number of aromatic nitrogens is 1. The summed E-state index contributed by atoms with van der Waals surface area (Å²) >= 11 is 0. The summed E-state index contributed by atoms with van der Waals surface area (Å²) in [7, 11) is 0. The van der Waals surface area contributed by atoms with Crippen LogP contribution in [-0.2, 0) is 28.5 Å². The highest BCUT2D eigenvalue weighted by molar-refractivity contribution is 5.86. The molecule has 1 fully saturated rings. The van der Waals surface area contributed by atoms with Crippen molar-refractivity contribution in [2.75, 3.05) is 13.2 Å². The van der Waals surface area contributed by atoms with E-state index in [1.54, 1.807) is 38.4 Å². The zero-order valence-corrected chi connectivity index (χ0v) is 11.9. The second-order valence-electron chi connectivity index (χ2n) is 4.24. The lowest BCUT2D eigenvalue weighted by Crippen LogP contribution is -2.39. The molecular weight excluding hydrogens is 278 g/mol. The van der Waals surface area contributed by atoms with Gasteiger partial charge in [0.15, 0.2) is 18.5 Å². The van der Waals surface area contributed by atoms with E-state index in [0.717, 1.165) is 0 Å². The van der Waals surface area contributed by atoms with Crippen LogP contribution in [0.25, 0.3) is 0 Å². The molecule has 0 N–H and O–H groups in total. The van der Waals surface area contributed by atoms with Crippen molar-refractivity contribution in [3.8, 4) is 0 Å². The summed E-state index contributed by atoms with van der Waals surface area (Å²) in [4.78, 5) is 27.7. The van der Waals surface area contributed by atoms with Gasteiger partial charge in [-0.15, -0.1) is 0 Å². The Kier molecular flexibility index (Phi) is 5.24. The number of esters is 2. The zero-order chi connectivity index (χ0) is 15.2. The fourth-order valence-electron chi connectivity index (χ4n) is 1.92. The normalized spacial score (nSPS) is 22.0. The smallest absolute Gasteiger partial charge is 0.338 e. The Balaban J connectivity index is 2.16. The Morgan fingerprint density at radius 1 is 1.14 bits per heavy atom. The number of hydrogen-bond donors (Lipinski definition) is 0. The second kappa shape index (κ2) is 7.14. The van der Waals surface area contributed by atoms with Crippen molar-refractivity contribution in [2.45, 2.75) is 32.3 Å². The van der Waals surface area contributed by atoms with E-state index in [1.165, 1.54) is 0 Å². The van der Waals surface area contributed by atoms with Crippen LogP contribution in [0, 0.1) is 0 Å². The minimum absolute atomic E-state index is 0.186. The minimum atomic E-state index is -1.14. The number of carbonyl (C=O) groups excluding carboxylic acids is 2. The Bertz CT molecular complexity index is 465. The molecule has 1 aromatic rings. The number of rotatable bonds is 5. The fraction of sp³-hybridized carbons (Fsp3) is 0.500. The van der Waals surface area contributed by atoms with Gasteiger partial charge in [0.1, 0.15) is 0 Å². The summed E-state index contributed by atoms with van der Waals surface area (Å²) in [5.74, 6) is -1.30. The molecule has 2 atom stereocenters. The van der Waals surface area contributed by atoms with E-state index in [4.69, 9.17) is 18.9 Å². The molecule has 21 heavy (non-hydrogen) atoms. The largest absolute Gasteiger partial charge is 0.464 e. The Morgan fingerprint density at radius 2 is 1.71 bits per heavy atom. The molecule has 1 aliphatic heterocycles. The van der Waals surface area contributed by atoms with Gasteiger partial charge in [-0.05, 0) is 19.9 Å². The summed E-state index contributed by atoms with van der Waals surface area (Å²) in [5, 5.41) is 0. The molecule has 2 rings (SSSR count). The molecule has 1 saturated heterocycles. The molecule has 0 aliphatic carbocycles. The monoisotopic (exact) mass is 295 g/mol. The van der Waals surface area contributed by atoms with Gasteiger partial charge in [-0.25, -0.2) is 9.59 Å². The third-order valence-corrected chi connectivity index (χ3v) is 2.81. The maximum atomic E-state index is 11.9. The lowest BCUT2D eigenvalue weighted by molar-refractivity contribution is -0.163. The number of carbonyl (C=O) groups is 2. The number of ether oxygens (including phenoxy) is 4. The van der Waals surface area contributed by atoms with Gasteiger partial charge < -0.3 is 18.9 Å². The van der Waals surface area contributed by atoms with Crippen molar-refractivity contribution < 1.29 is 28.5 Å². The van der Waals surface area contributed by atoms with Crippen LogP contribution < -0.4 is 0 Å². The molecule has 7 heteroatoms. The number of pyridine rings is 1. The van der Waals surface area contributed by atoms with E-state index in [1.807, 2.05) is 0 Å². The molecule has 0 unspecified atom stereocenters. The Morgan fingerprint density at radius 3 is 2.14 bits per heavy atom. The van der Waals surface area contributed by atoms with E-state index in [9.17, 15) is 9.59 Å². The topological polar surface area (TPSA) is 84.0 Å². The van der Waals surface area contributed by atoms with Gasteiger partial charge in [0.05, 0.1) is 13.2 Å². The van der Waals surface area contributed by atoms with Gasteiger partial charge in [0.25, 0.3) is 0 Å². The molecule has 2 heterocycles. The summed E-state index contributed by atoms with van der Waals surface area (Å²) in [5.41, 5.74) is 0.610. The minimum Gasteiger partial charge on any atom is -0.464 e. The van der Waals surface area contributed by atoms with Crippen LogP contribution in [0.15, 0.2) is 24.5 Å². The van der Waals surface area contributed by atoms with Crippen LogP contribution in [0.1, 0.15) is 25.7 Å². The predicted octanol–water partition coefficient (Wildman–Crippen LogP) is 0.990. The van der Waals surface area contributed by atoms with E-state index in [2.05, 4.69) is 4.98 Å². The van der Waals surface area contributed by atoms with E-state index in [0.29, 0.717) is 5.56 Å². The molecule has 7 nitrogen and oxygen atoms in total. The van der Waals surface area contributed by atoms with Crippen molar-refractivity contribution in [2.24, 2.45) is 0 Å². The first-order chi connectivity index (χ1) is 10.2. The summed E-state index contributed by atoms with van der Waals surface area (Å²) < 4.78 is 20.8. The summed E-state index contributed by atoms with van der Waals surface area (Å²) in [6, 6.07) is 3.44. The third-order valence-electron chi connectivity index (χ3n) is 2.81. The van der Waals surface area contributed by atoms with Crippen molar-refractivity contribution in [1.29, 1.82) is 0 Å². The fourth-order valence-corrected chi connectivity index (χ4v) is 1.92. The van der Waals surface area contributed by atoms with Gasteiger partial charge in [0, 0.05) is 18.0 Å². The SMILES string of the molecule is CCOC(=O)[C@H]1OC(c2cccnc2)O[C@@H]1C(=O)OCC. The van der Waals surface area contributed by atoms with Gasteiger partial charge in [0.2, 0.25) is 0 Å². The molecule has 1 aromatic heterocycles. The highest BCUT2D eigenvalue weighted by Gasteiger charge is 2.47. The molecular formula is C14H17NO6. The van der Waals surface area contributed by atoms with Gasteiger partial charge in [-0.2, -0.15) is 0 Å². The first-order valence-corrected chi connectivity index (χ1v) is 6.71. The van der Waals surface area contributed by atoms with Crippen molar-refractivity contribution in [1.82, 2.24) is 4.98 Å². The second-order valence-corrected chi connectivity index (χ2v) is 4.24. The van der Waals surface area contributed by atoms with Crippen LogP contribution in [0.2, 0.25) is 0 Å². The van der Waals surface area contributed by atoms with Crippen molar-refractivity contribution in [3.63, 3.8) is 0 Å². The molecule has 0 saturated carbocycles. The molecule has 114 valence electrons. The molecule has 0 bridgehead atoms. The maximum Gasteiger partial charge on any atom is 0.338 e. The van der Waals surface area contributed by atoms with Crippen LogP contribution in [0.5, 0.6) is 0 Å². The molecule has 0 amide bonds. The lowest BCUT2D eigenvalue weighted by Gasteiger charge is -2.13. The van der Waals surface area contributed by atoms with Crippen molar-refractivity contribution >= 4 is 11.9 Å². The molecule has 1 aliphatic rings. The standard InChI is InChI=1S/C14H17NO6/c1-3-18-12(16)10-11(13(17)19-4-2)21-14(20-10)9-6-5-7-15-8-9/h5-8,10-11,14H,3-4H2,1-2H3/t10-,11-/m0/s1. The molecule has 0 aromatic carbocycles. The van der Waals surface area contributed by atoms with Crippen LogP contribution in [0.3, 0.4) is 0 Å². The summed E-state index contributed by atoms with van der Waals surface area (Å²) in [6.45, 7) is 3.72. The predicted molar refractivity (Wildman–Crippen MR) is 70.0 cm³/mol. The maximum absolute atomic E-state index is 11.9. The van der Waals surface area contributed by atoms with Crippen LogP contribution >= 0.6 is 0 Å². The van der Waals surface area contributed by atoms with E-state index in [-0.39, 0.29) is 13.2 Å². The Labute approximate surface area is 122 Å². The van der Waals surface area contributed by atoms with E-state index < -0.39 is 30.4 Å². The first-order valence-electron chi connectivity index (χ1n) is 6.71. The lowest BCUT2D eigenvalue weighted by atomic mass is 10.2. The number of nitrogens with zero attached hydrogens (tertiary/aromatic N) is 1. The van der Waals surface area contributed by atoms with Crippen LogP contribution in [0.4, 0.5) is 0 Å². The van der Waals surface area contributed by atoms with Gasteiger partial charge in [-0.3, -0.25) is 4.98 Å². The van der Waals surface area contributed by atoms with E-state index >= 15 is 0 Å².